The Bertz CT molecular complexity index is 1020. The highest BCUT2D eigenvalue weighted by Crippen LogP contribution is 2.24. The minimum atomic E-state index is -0.693. The zero-order valence-electron chi connectivity index (χ0n) is 14.0. The van der Waals surface area contributed by atoms with Crippen molar-refractivity contribution in [3.05, 3.63) is 54.2 Å². The van der Waals surface area contributed by atoms with Gasteiger partial charge in [0.2, 0.25) is 5.91 Å². The third kappa shape index (κ3) is 2.69. The molecule has 0 aliphatic carbocycles. The smallest absolute Gasteiger partial charge is 0.253 e. The second-order valence-corrected chi connectivity index (χ2v) is 6.18. The number of pyridine rings is 1. The molecule has 0 radical (unpaired) electrons. The van der Waals surface area contributed by atoms with Gasteiger partial charge in [0.15, 0.2) is 5.65 Å². The standard InChI is InChI=1S/C18H16FN5O2/c1-23-10-21-14-8-11(9-20-16(14)23)17(25)22-13-6-7-24(18(13)26)15-5-3-2-4-12(15)19/h2-5,8-10,13H,6-7H2,1H3,(H,22,25). The molecule has 1 fully saturated rings. The van der Waals surface area contributed by atoms with Crippen LogP contribution in [0.25, 0.3) is 11.2 Å². The van der Waals surface area contributed by atoms with Crippen molar-refractivity contribution >= 4 is 28.7 Å². The van der Waals surface area contributed by atoms with E-state index in [2.05, 4.69) is 15.3 Å². The molecule has 7 nitrogen and oxygen atoms in total. The lowest BCUT2D eigenvalue weighted by molar-refractivity contribution is -0.118. The Kier molecular flexibility index (Phi) is 3.87. The maximum Gasteiger partial charge on any atom is 0.253 e. The average molecular weight is 353 g/mol. The second-order valence-electron chi connectivity index (χ2n) is 6.18. The Balaban J connectivity index is 1.51. The number of benzene rings is 1. The number of halogens is 1. The number of imidazole rings is 1. The van der Waals surface area contributed by atoms with Crippen LogP contribution in [0.1, 0.15) is 16.8 Å². The number of anilines is 1. The summed E-state index contributed by atoms with van der Waals surface area (Å²) in [5, 5.41) is 2.71. The van der Waals surface area contributed by atoms with Gasteiger partial charge in [-0.1, -0.05) is 12.1 Å². The lowest BCUT2D eigenvalue weighted by atomic mass is 10.2. The summed E-state index contributed by atoms with van der Waals surface area (Å²) in [4.78, 5) is 34.8. The first-order valence-corrected chi connectivity index (χ1v) is 8.18. The third-order valence-corrected chi connectivity index (χ3v) is 4.47. The molecule has 3 heterocycles. The summed E-state index contributed by atoms with van der Waals surface area (Å²) in [5.41, 5.74) is 1.83. The number of para-hydroxylation sites is 1. The molecule has 0 bridgehead atoms. The number of nitrogens with one attached hydrogen (secondary N) is 1. The van der Waals surface area contributed by atoms with E-state index in [0.29, 0.717) is 29.7 Å². The quantitative estimate of drug-likeness (QED) is 0.776. The molecule has 2 aromatic heterocycles. The molecule has 132 valence electrons. The maximum absolute atomic E-state index is 13.9. The van der Waals surface area contributed by atoms with Crippen LogP contribution in [-0.2, 0) is 11.8 Å². The molecule has 1 saturated heterocycles. The maximum atomic E-state index is 13.9. The molecule has 1 aliphatic heterocycles. The van der Waals surface area contributed by atoms with E-state index in [1.165, 1.54) is 17.2 Å². The topological polar surface area (TPSA) is 80.1 Å². The number of amides is 2. The van der Waals surface area contributed by atoms with Gasteiger partial charge in [-0.3, -0.25) is 9.59 Å². The van der Waals surface area contributed by atoms with E-state index in [9.17, 15) is 14.0 Å². The predicted molar refractivity (Wildman–Crippen MR) is 93.1 cm³/mol. The molecule has 1 N–H and O–H groups in total. The largest absolute Gasteiger partial charge is 0.340 e. The highest BCUT2D eigenvalue weighted by atomic mass is 19.1. The molecule has 1 atom stereocenters. The SMILES string of the molecule is Cn1cnc2cc(C(=O)NC3CCN(c4ccccc4F)C3=O)cnc21. The van der Waals surface area contributed by atoms with Crippen LogP contribution in [0, 0.1) is 5.82 Å². The van der Waals surface area contributed by atoms with Crippen molar-refractivity contribution in [2.75, 3.05) is 11.4 Å². The molecule has 4 rings (SSSR count). The normalized spacial score (nSPS) is 17.1. The number of carbonyl (C=O) groups excluding carboxylic acids is 2. The van der Waals surface area contributed by atoms with Crippen LogP contribution in [0.15, 0.2) is 42.9 Å². The van der Waals surface area contributed by atoms with Crippen molar-refractivity contribution in [1.82, 2.24) is 19.9 Å². The second kappa shape index (κ2) is 6.21. The summed E-state index contributed by atoms with van der Waals surface area (Å²) in [5.74, 6) is -1.19. The van der Waals surface area contributed by atoms with E-state index >= 15 is 0 Å². The van der Waals surface area contributed by atoms with Crippen molar-refractivity contribution in [1.29, 1.82) is 0 Å². The number of hydrogen-bond donors (Lipinski definition) is 1. The van der Waals surface area contributed by atoms with Gasteiger partial charge in [0.05, 0.1) is 17.6 Å². The van der Waals surface area contributed by atoms with Crippen LogP contribution in [-0.4, -0.2) is 38.9 Å². The van der Waals surface area contributed by atoms with Gasteiger partial charge in [-0.25, -0.2) is 14.4 Å². The number of aryl methyl sites for hydroxylation is 1. The van der Waals surface area contributed by atoms with E-state index in [1.807, 2.05) is 7.05 Å². The van der Waals surface area contributed by atoms with Gasteiger partial charge in [0, 0.05) is 19.8 Å². The Morgan fingerprint density at radius 1 is 1.31 bits per heavy atom. The van der Waals surface area contributed by atoms with Crippen LogP contribution in [0.3, 0.4) is 0 Å². The summed E-state index contributed by atoms with van der Waals surface area (Å²) in [6.07, 6.45) is 3.48. The number of fused-ring (bicyclic) bond motifs is 1. The molecule has 8 heteroatoms. The fourth-order valence-corrected chi connectivity index (χ4v) is 3.11. The average Bonchev–Trinajstić information content (AvgIpc) is 3.19. The van der Waals surface area contributed by atoms with Gasteiger partial charge in [-0.15, -0.1) is 0 Å². The van der Waals surface area contributed by atoms with E-state index in [1.54, 1.807) is 35.2 Å². The molecule has 1 aromatic carbocycles. The van der Waals surface area contributed by atoms with E-state index < -0.39 is 17.8 Å². The fraction of sp³-hybridized carbons (Fsp3) is 0.222. The zero-order chi connectivity index (χ0) is 18.3. The lowest BCUT2D eigenvalue weighted by Crippen LogP contribution is -2.41. The van der Waals surface area contributed by atoms with Crippen molar-refractivity contribution < 1.29 is 14.0 Å². The highest BCUT2D eigenvalue weighted by Gasteiger charge is 2.34. The van der Waals surface area contributed by atoms with E-state index in [0.717, 1.165) is 0 Å². The molecule has 2 amide bonds. The monoisotopic (exact) mass is 353 g/mol. The Morgan fingerprint density at radius 3 is 2.92 bits per heavy atom. The van der Waals surface area contributed by atoms with Crippen molar-refractivity contribution in [2.45, 2.75) is 12.5 Å². The zero-order valence-corrected chi connectivity index (χ0v) is 14.0. The lowest BCUT2D eigenvalue weighted by Gasteiger charge is -2.17. The van der Waals surface area contributed by atoms with Crippen molar-refractivity contribution in [2.24, 2.45) is 7.05 Å². The summed E-state index contributed by atoms with van der Waals surface area (Å²) >= 11 is 0. The van der Waals surface area contributed by atoms with Crippen molar-refractivity contribution in [3.8, 4) is 0 Å². The Morgan fingerprint density at radius 2 is 2.12 bits per heavy atom. The number of aromatic nitrogens is 3. The van der Waals surface area contributed by atoms with Gasteiger partial charge in [0.1, 0.15) is 17.4 Å². The van der Waals surface area contributed by atoms with Crippen LogP contribution in [0.2, 0.25) is 0 Å². The van der Waals surface area contributed by atoms with Crippen LogP contribution < -0.4 is 10.2 Å². The van der Waals surface area contributed by atoms with Gasteiger partial charge in [-0.2, -0.15) is 0 Å². The van der Waals surface area contributed by atoms with Crippen LogP contribution in [0.4, 0.5) is 10.1 Å². The van der Waals surface area contributed by atoms with E-state index in [4.69, 9.17) is 0 Å². The van der Waals surface area contributed by atoms with E-state index in [-0.39, 0.29) is 11.6 Å². The van der Waals surface area contributed by atoms with Crippen LogP contribution >= 0.6 is 0 Å². The molecular formula is C18H16FN5O2. The minimum Gasteiger partial charge on any atom is -0.340 e. The molecule has 1 aliphatic rings. The minimum absolute atomic E-state index is 0.228. The highest BCUT2D eigenvalue weighted by molar-refractivity contribution is 6.04. The summed E-state index contributed by atoms with van der Waals surface area (Å²) in [7, 11) is 1.82. The Labute approximate surface area is 148 Å². The van der Waals surface area contributed by atoms with Crippen molar-refractivity contribution in [3.63, 3.8) is 0 Å². The van der Waals surface area contributed by atoms with Gasteiger partial charge in [0.25, 0.3) is 5.91 Å². The molecule has 26 heavy (non-hydrogen) atoms. The molecule has 1 unspecified atom stereocenters. The molecule has 0 spiro atoms. The van der Waals surface area contributed by atoms with Gasteiger partial charge < -0.3 is 14.8 Å². The summed E-state index contributed by atoms with van der Waals surface area (Å²) in [6, 6.07) is 7.04. The first-order valence-electron chi connectivity index (χ1n) is 8.18. The summed E-state index contributed by atoms with van der Waals surface area (Å²) in [6.45, 7) is 0.349. The van der Waals surface area contributed by atoms with Gasteiger partial charge in [-0.05, 0) is 24.6 Å². The first-order chi connectivity index (χ1) is 12.5. The third-order valence-electron chi connectivity index (χ3n) is 4.47. The molecular weight excluding hydrogens is 337 g/mol. The number of nitrogens with zero attached hydrogens (tertiary/aromatic N) is 4. The molecule has 0 saturated carbocycles. The van der Waals surface area contributed by atoms with Crippen LogP contribution in [0.5, 0.6) is 0 Å². The summed E-state index contributed by atoms with van der Waals surface area (Å²) < 4.78 is 15.7. The number of hydrogen-bond acceptors (Lipinski definition) is 4. The van der Waals surface area contributed by atoms with Gasteiger partial charge >= 0.3 is 0 Å². The first kappa shape index (κ1) is 16.2. The fourth-order valence-electron chi connectivity index (χ4n) is 3.11. The number of carbonyl (C=O) groups is 2. The number of rotatable bonds is 3. The Hall–Kier alpha value is -3.29. The molecule has 3 aromatic rings. The predicted octanol–water partition coefficient (Wildman–Crippen LogP) is 1.64.